The molecule has 0 aliphatic heterocycles. The van der Waals surface area contributed by atoms with Crippen LogP contribution in [0.2, 0.25) is 0 Å². The van der Waals surface area contributed by atoms with Crippen molar-refractivity contribution in [3.05, 3.63) is 48.0 Å². The van der Waals surface area contributed by atoms with E-state index in [1.807, 2.05) is 30.3 Å². The van der Waals surface area contributed by atoms with Crippen LogP contribution < -0.4 is 0 Å². The van der Waals surface area contributed by atoms with Crippen LogP contribution in [0.25, 0.3) is 0 Å². The lowest BCUT2D eigenvalue weighted by Crippen LogP contribution is -1.98. The Bertz CT molecular complexity index is 350. The molecule has 1 aromatic rings. The van der Waals surface area contributed by atoms with Crippen LogP contribution in [0, 0.1) is 0 Å². The molecule has 0 spiro atoms. The molecule has 0 aromatic heterocycles. The van der Waals surface area contributed by atoms with Crippen LogP contribution >= 0.6 is 0 Å². The van der Waals surface area contributed by atoms with Crippen LogP contribution in [-0.4, -0.2) is 11.6 Å². The first kappa shape index (κ1) is 10.4. The lowest BCUT2D eigenvalue weighted by Gasteiger charge is -1.95. The summed E-state index contributed by atoms with van der Waals surface area (Å²) >= 11 is 0. The molecule has 72 valence electrons. The van der Waals surface area contributed by atoms with Crippen molar-refractivity contribution >= 4 is 11.6 Å². The molecule has 0 aliphatic rings. The number of allylic oxidation sites excluding steroid dienone is 2. The topological polar surface area (TPSA) is 34.1 Å². The molecule has 0 fully saturated rings. The van der Waals surface area contributed by atoms with E-state index < -0.39 is 0 Å². The Morgan fingerprint density at radius 3 is 2.36 bits per heavy atom. The number of carbonyl (C=O) groups is 2. The number of benzene rings is 1. The van der Waals surface area contributed by atoms with Crippen molar-refractivity contribution in [3.8, 4) is 0 Å². The number of hydrogen-bond donors (Lipinski definition) is 0. The quantitative estimate of drug-likeness (QED) is 0.677. The van der Waals surface area contributed by atoms with E-state index in [2.05, 4.69) is 0 Å². The van der Waals surface area contributed by atoms with E-state index in [9.17, 15) is 9.59 Å². The monoisotopic (exact) mass is 188 g/mol. The smallest absolute Gasteiger partial charge is 0.160 e. The van der Waals surface area contributed by atoms with Gasteiger partial charge < -0.3 is 0 Å². The summed E-state index contributed by atoms with van der Waals surface area (Å²) in [6, 6.07) is 9.45. The molecule has 0 N–H and O–H groups in total. The summed E-state index contributed by atoms with van der Waals surface area (Å²) in [4.78, 5) is 21.8. The summed E-state index contributed by atoms with van der Waals surface area (Å²) in [5.41, 5.74) is 0.964. The molecular formula is C12H12O2. The molecule has 14 heavy (non-hydrogen) atoms. The van der Waals surface area contributed by atoms with Crippen LogP contribution in [0.4, 0.5) is 0 Å². The van der Waals surface area contributed by atoms with Gasteiger partial charge in [0.25, 0.3) is 0 Å². The summed E-state index contributed by atoms with van der Waals surface area (Å²) in [6.45, 7) is 1.42. The Kier molecular flexibility index (Phi) is 3.80. The van der Waals surface area contributed by atoms with Gasteiger partial charge in [-0.3, -0.25) is 9.59 Å². The number of hydrogen-bond acceptors (Lipinski definition) is 2. The van der Waals surface area contributed by atoms with Gasteiger partial charge in [-0.05, 0) is 24.6 Å². The van der Waals surface area contributed by atoms with Crippen molar-refractivity contribution in [2.45, 2.75) is 13.3 Å². The Hall–Kier alpha value is -1.70. The first-order chi connectivity index (χ1) is 6.68. The summed E-state index contributed by atoms with van der Waals surface area (Å²) in [7, 11) is 0. The third-order valence-corrected chi connectivity index (χ3v) is 1.73. The second kappa shape index (κ2) is 5.12. The Balaban J connectivity index is 2.54. The van der Waals surface area contributed by atoms with Crippen LogP contribution in [-0.2, 0) is 16.0 Å². The minimum absolute atomic E-state index is 0.0496. The van der Waals surface area contributed by atoms with Gasteiger partial charge in [0.2, 0.25) is 0 Å². The molecule has 1 rings (SSSR count). The van der Waals surface area contributed by atoms with Crippen molar-refractivity contribution < 1.29 is 9.59 Å². The predicted octanol–water partition coefficient (Wildman–Crippen LogP) is 1.94. The fourth-order valence-electron chi connectivity index (χ4n) is 1.07. The zero-order chi connectivity index (χ0) is 10.4. The van der Waals surface area contributed by atoms with Gasteiger partial charge >= 0.3 is 0 Å². The first-order valence-electron chi connectivity index (χ1n) is 4.44. The molecule has 0 radical (unpaired) electrons. The van der Waals surface area contributed by atoms with Gasteiger partial charge in [-0.25, -0.2) is 0 Å². The van der Waals surface area contributed by atoms with Gasteiger partial charge in [-0.1, -0.05) is 30.3 Å². The Labute approximate surface area is 83.3 Å². The second-order valence-electron chi connectivity index (χ2n) is 3.07. The van der Waals surface area contributed by atoms with Gasteiger partial charge in [0.05, 0.1) is 0 Å². The third kappa shape index (κ3) is 3.81. The minimum atomic E-state index is -0.105. The Morgan fingerprint density at radius 2 is 1.79 bits per heavy atom. The summed E-state index contributed by atoms with van der Waals surface area (Å²) in [6.07, 6.45) is 2.98. The van der Waals surface area contributed by atoms with Gasteiger partial charge in [-0.2, -0.15) is 0 Å². The maximum absolute atomic E-state index is 11.3. The lowest BCUT2D eigenvalue weighted by atomic mass is 10.1. The molecule has 0 heterocycles. The van der Waals surface area contributed by atoms with Crippen molar-refractivity contribution in [1.82, 2.24) is 0 Å². The summed E-state index contributed by atoms with van der Waals surface area (Å²) in [5.74, 6) is -0.155. The van der Waals surface area contributed by atoms with Crippen LogP contribution in [0.15, 0.2) is 42.5 Å². The highest BCUT2D eigenvalue weighted by Gasteiger charge is 1.98. The fraction of sp³-hybridized carbons (Fsp3) is 0.167. The molecule has 0 aliphatic carbocycles. The molecule has 0 amide bonds. The van der Waals surface area contributed by atoms with E-state index >= 15 is 0 Å². The number of ketones is 2. The fourth-order valence-corrected chi connectivity index (χ4v) is 1.07. The minimum Gasteiger partial charge on any atom is -0.295 e. The lowest BCUT2D eigenvalue weighted by molar-refractivity contribution is -0.115. The van der Waals surface area contributed by atoms with Crippen LogP contribution in [0.1, 0.15) is 12.5 Å². The van der Waals surface area contributed by atoms with E-state index in [1.54, 1.807) is 0 Å². The zero-order valence-corrected chi connectivity index (χ0v) is 8.07. The van der Waals surface area contributed by atoms with Gasteiger partial charge in [0.1, 0.15) is 0 Å². The summed E-state index contributed by atoms with van der Waals surface area (Å²) in [5, 5.41) is 0. The molecule has 2 heteroatoms. The zero-order valence-electron chi connectivity index (χ0n) is 8.07. The number of carbonyl (C=O) groups excluding carboxylic acids is 2. The molecule has 2 nitrogen and oxygen atoms in total. The molecule has 0 saturated carbocycles. The SMILES string of the molecule is CC(=O)/C=C\C(=O)Cc1ccccc1. The predicted molar refractivity (Wildman–Crippen MR) is 55.0 cm³/mol. The third-order valence-electron chi connectivity index (χ3n) is 1.73. The van der Waals surface area contributed by atoms with Gasteiger partial charge in [-0.15, -0.1) is 0 Å². The van der Waals surface area contributed by atoms with E-state index in [1.165, 1.54) is 19.1 Å². The molecule has 0 bridgehead atoms. The maximum atomic E-state index is 11.3. The highest BCUT2D eigenvalue weighted by atomic mass is 16.1. The van der Waals surface area contributed by atoms with Gasteiger partial charge in [0.15, 0.2) is 11.6 Å². The maximum Gasteiger partial charge on any atom is 0.160 e. The standard InChI is InChI=1S/C12H12O2/c1-10(13)7-8-12(14)9-11-5-3-2-4-6-11/h2-8H,9H2,1H3/b8-7-. The largest absolute Gasteiger partial charge is 0.295 e. The van der Waals surface area contributed by atoms with Crippen molar-refractivity contribution in [2.75, 3.05) is 0 Å². The highest BCUT2D eigenvalue weighted by molar-refractivity contribution is 5.98. The molecule has 0 atom stereocenters. The Morgan fingerprint density at radius 1 is 1.14 bits per heavy atom. The summed E-state index contributed by atoms with van der Waals surface area (Å²) < 4.78 is 0. The van der Waals surface area contributed by atoms with E-state index in [4.69, 9.17) is 0 Å². The second-order valence-corrected chi connectivity index (χ2v) is 3.07. The van der Waals surface area contributed by atoms with E-state index in [0.29, 0.717) is 6.42 Å². The van der Waals surface area contributed by atoms with Crippen molar-refractivity contribution in [2.24, 2.45) is 0 Å². The first-order valence-corrected chi connectivity index (χ1v) is 4.44. The average Bonchev–Trinajstić information content (AvgIpc) is 2.16. The molecule has 0 unspecified atom stereocenters. The van der Waals surface area contributed by atoms with E-state index in [0.717, 1.165) is 5.56 Å². The normalized spacial score (nSPS) is 10.4. The molecule has 0 saturated heterocycles. The van der Waals surface area contributed by atoms with E-state index in [-0.39, 0.29) is 11.6 Å². The van der Waals surface area contributed by atoms with Crippen LogP contribution in [0.5, 0.6) is 0 Å². The number of rotatable bonds is 4. The average molecular weight is 188 g/mol. The van der Waals surface area contributed by atoms with Crippen molar-refractivity contribution in [1.29, 1.82) is 0 Å². The van der Waals surface area contributed by atoms with Crippen LogP contribution in [0.3, 0.4) is 0 Å². The molecular weight excluding hydrogens is 176 g/mol. The van der Waals surface area contributed by atoms with Crippen molar-refractivity contribution in [3.63, 3.8) is 0 Å². The molecule has 1 aromatic carbocycles. The van der Waals surface area contributed by atoms with Gasteiger partial charge in [0, 0.05) is 6.42 Å². The highest BCUT2D eigenvalue weighted by Crippen LogP contribution is 2.00.